The number of anilines is 1. The summed E-state index contributed by atoms with van der Waals surface area (Å²) < 4.78 is 0.929. The summed E-state index contributed by atoms with van der Waals surface area (Å²) in [6.45, 7) is 0. The number of hydrogen-bond acceptors (Lipinski definition) is 2. The number of nitrogen functional groups attached to an aromatic ring is 1. The van der Waals surface area contributed by atoms with Gasteiger partial charge in [0.15, 0.2) is 5.78 Å². The topological polar surface area (TPSA) is 43.1 Å². The maximum Gasteiger partial charge on any atom is 0.195 e. The Bertz CT molecular complexity index is 566. The molecule has 0 aromatic heterocycles. The van der Waals surface area contributed by atoms with E-state index in [1.54, 1.807) is 30.3 Å². The van der Waals surface area contributed by atoms with Crippen molar-refractivity contribution in [3.05, 3.63) is 63.1 Å². The van der Waals surface area contributed by atoms with Crippen LogP contribution in [0.1, 0.15) is 15.9 Å². The second-order valence-electron chi connectivity index (χ2n) is 3.57. The predicted octanol–water partition coefficient (Wildman–Crippen LogP) is 3.92. The van der Waals surface area contributed by atoms with Gasteiger partial charge in [-0.3, -0.25) is 4.79 Å². The van der Waals surface area contributed by atoms with Crippen LogP contribution < -0.4 is 5.73 Å². The second-order valence-corrected chi connectivity index (χ2v) is 4.92. The molecule has 17 heavy (non-hydrogen) atoms. The van der Waals surface area contributed by atoms with Crippen LogP contribution in [0, 0.1) is 0 Å². The smallest absolute Gasteiger partial charge is 0.195 e. The van der Waals surface area contributed by atoms with Gasteiger partial charge in [-0.2, -0.15) is 0 Å². The first kappa shape index (κ1) is 12.1. The van der Waals surface area contributed by atoms with Crippen LogP contribution in [-0.4, -0.2) is 5.78 Å². The normalized spacial score (nSPS) is 10.2. The summed E-state index contributed by atoms with van der Waals surface area (Å²) in [4.78, 5) is 12.2. The van der Waals surface area contributed by atoms with Crippen molar-refractivity contribution < 1.29 is 4.79 Å². The van der Waals surface area contributed by atoms with E-state index in [1.807, 2.05) is 12.1 Å². The Balaban J connectivity index is 2.40. The lowest BCUT2D eigenvalue weighted by Crippen LogP contribution is -2.05. The van der Waals surface area contributed by atoms with Crippen molar-refractivity contribution in [1.29, 1.82) is 0 Å². The van der Waals surface area contributed by atoms with Crippen molar-refractivity contribution >= 4 is 39.0 Å². The molecule has 2 aromatic carbocycles. The first-order chi connectivity index (χ1) is 8.08. The monoisotopic (exact) mass is 309 g/mol. The van der Waals surface area contributed by atoms with Crippen molar-refractivity contribution in [1.82, 2.24) is 0 Å². The summed E-state index contributed by atoms with van der Waals surface area (Å²) in [7, 11) is 0. The van der Waals surface area contributed by atoms with Gasteiger partial charge in [-0.05, 0) is 42.5 Å². The maximum absolute atomic E-state index is 12.2. The van der Waals surface area contributed by atoms with Crippen molar-refractivity contribution in [2.45, 2.75) is 0 Å². The third-order valence-electron chi connectivity index (χ3n) is 2.36. The van der Waals surface area contributed by atoms with Crippen LogP contribution in [0.5, 0.6) is 0 Å². The van der Waals surface area contributed by atoms with E-state index in [9.17, 15) is 4.79 Å². The molecule has 0 aliphatic rings. The number of carbonyl (C=O) groups excluding carboxylic acids is 1. The van der Waals surface area contributed by atoms with Gasteiger partial charge in [0.2, 0.25) is 0 Å². The Morgan fingerprint density at radius 1 is 1.12 bits per heavy atom. The highest BCUT2D eigenvalue weighted by atomic mass is 79.9. The number of halogens is 2. The fraction of sp³-hybridized carbons (Fsp3) is 0. The maximum atomic E-state index is 12.2. The molecule has 0 saturated heterocycles. The van der Waals surface area contributed by atoms with E-state index in [4.69, 9.17) is 17.3 Å². The highest BCUT2D eigenvalue weighted by Gasteiger charge is 2.12. The van der Waals surface area contributed by atoms with E-state index in [0.717, 1.165) is 4.47 Å². The standard InChI is InChI=1S/C13H9BrClNO/c14-9-3-1-8(2-4-9)13(17)11-6-5-10(15)7-12(11)16/h1-7H,16H2. The van der Waals surface area contributed by atoms with Crippen LogP contribution in [0.4, 0.5) is 5.69 Å². The Morgan fingerprint density at radius 3 is 2.35 bits per heavy atom. The lowest BCUT2D eigenvalue weighted by atomic mass is 10.0. The minimum Gasteiger partial charge on any atom is -0.398 e. The largest absolute Gasteiger partial charge is 0.398 e. The number of rotatable bonds is 2. The molecule has 2 aromatic rings. The molecule has 0 atom stereocenters. The van der Waals surface area contributed by atoms with E-state index in [1.165, 1.54) is 0 Å². The molecule has 4 heteroatoms. The fourth-order valence-electron chi connectivity index (χ4n) is 1.50. The summed E-state index contributed by atoms with van der Waals surface area (Å²) in [5.41, 5.74) is 7.24. The summed E-state index contributed by atoms with van der Waals surface area (Å²) in [6.07, 6.45) is 0. The number of hydrogen-bond donors (Lipinski definition) is 1. The van der Waals surface area contributed by atoms with Crippen LogP contribution in [0.3, 0.4) is 0 Å². The zero-order valence-electron chi connectivity index (χ0n) is 8.78. The van der Waals surface area contributed by atoms with Gasteiger partial charge in [-0.25, -0.2) is 0 Å². The molecule has 86 valence electrons. The highest BCUT2D eigenvalue weighted by Crippen LogP contribution is 2.21. The summed E-state index contributed by atoms with van der Waals surface area (Å²) in [5.74, 6) is -0.105. The molecule has 0 saturated carbocycles. The van der Waals surface area contributed by atoms with Crippen molar-refractivity contribution in [3.63, 3.8) is 0 Å². The van der Waals surface area contributed by atoms with Gasteiger partial charge in [-0.1, -0.05) is 27.5 Å². The molecule has 0 fully saturated rings. The summed E-state index contributed by atoms with van der Waals surface area (Å²) in [6, 6.07) is 12.0. The second kappa shape index (κ2) is 4.90. The Kier molecular flexibility index (Phi) is 3.50. The van der Waals surface area contributed by atoms with Crippen LogP contribution in [0.2, 0.25) is 5.02 Å². The zero-order valence-corrected chi connectivity index (χ0v) is 11.1. The number of carbonyl (C=O) groups is 1. The first-order valence-electron chi connectivity index (χ1n) is 4.93. The van der Waals surface area contributed by atoms with E-state index in [0.29, 0.717) is 21.8 Å². The van der Waals surface area contributed by atoms with Gasteiger partial charge < -0.3 is 5.73 Å². The third kappa shape index (κ3) is 2.68. The zero-order chi connectivity index (χ0) is 12.4. The lowest BCUT2D eigenvalue weighted by Gasteiger charge is -2.05. The number of nitrogens with two attached hydrogens (primary N) is 1. The van der Waals surface area contributed by atoms with Gasteiger partial charge in [-0.15, -0.1) is 0 Å². The number of ketones is 1. The summed E-state index contributed by atoms with van der Waals surface area (Å²) >= 11 is 9.11. The predicted molar refractivity (Wildman–Crippen MR) is 73.4 cm³/mol. The van der Waals surface area contributed by atoms with Crippen molar-refractivity contribution in [2.75, 3.05) is 5.73 Å². The Morgan fingerprint density at radius 2 is 1.76 bits per heavy atom. The average Bonchev–Trinajstić information content (AvgIpc) is 2.29. The van der Waals surface area contributed by atoms with E-state index in [2.05, 4.69) is 15.9 Å². The molecular weight excluding hydrogens is 302 g/mol. The summed E-state index contributed by atoms with van der Waals surface area (Å²) in [5, 5.41) is 0.523. The molecule has 0 amide bonds. The van der Waals surface area contributed by atoms with Crippen LogP contribution in [0.25, 0.3) is 0 Å². The third-order valence-corrected chi connectivity index (χ3v) is 3.13. The van der Waals surface area contributed by atoms with Crippen molar-refractivity contribution in [3.8, 4) is 0 Å². The van der Waals surface area contributed by atoms with Gasteiger partial charge in [0, 0.05) is 26.3 Å². The van der Waals surface area contributed by atoms with E-state index < -0.39 is 0 Å². The molecule has 0 spiro atoms. The number of benzene rings is 2. The lowest BCUT2D eigenvalue weighted by molar-refractivity contribution is 0.103. The molecule has 0 radical (unpaired) electrons. The van der Waals surface area contributed by atoms with E-state index >= 15 is 0 Å². The quantitative estimate of drug-likeness (QED) is 0.675. The Hall–Kier alpha value is -1.32. The van der Waals surface area contributed by atoms with Crippen LogP contribution in [-0.2, 0) is 0 Å². The Labute approximate surface area is 113 Å². The van der Waals surface area contributed by atoms with Crippen LogP contribution in [0.15, 0.2) is 46.9 Å². The minimum absolute atomic E-state index is 0.105. The fourth-order valence-corrected chi connectivity index (χ4v) is 1.94. The van der Waals surface area contributed by atoms with E-state index in [-0.39, 0.29) is 5.78 Å². The van der Waals surface area contributed by atoms with Gasteiger partial charge in [0.1, 0.15) is 0 Å². The van der Waals surface area contributed by atoms with Gasteiger partial charge in [0.05, 0.1) is 0 Å². The minimum atomic E-state index is -0.105. The first-order valence-corrected chi connectivity index (χ1v) is 6.10. The van der Waals surface area contributed by atoms with Crippen LogP contribution >= 0.6 is 27.5 Å². The van der Waals surface area contributed by atoms with Crippen molar-refractivity contribution in [2.24, 2.45) is 0 Å². The van der Waals surface area contributed by atoms with Gasteiger partial charge in [0.25, 0.3) is 0 Å². The van der Waals surface area contributed by atoms with Gasteiger partial charge >= 0.3 is 0 Å². The average molecular weight is 311 g/mol. The molecule has 2 N–H and O–H groups in total. The SMILES string of the molecule is Nc1cc(Cl)ccc1C(=O)c1ccc(Br)cc1. The molecular formula is C13H9BrClNO. The highest BCUT2D eigenvalue weighted by molar-refractivity contribution is 9.10. The molecule has 0 aliphatic heterocycles. The molecule has 0 bridgehead atoms. The molecule has 2 rings (SSSR count). The molecule has 0 heterocycles. The molecule has 0 aliphatic carbocycles. The molecule has 0 unspecified atom stereocenters. The molecule has 2 nitrogen and oxygen atoms in total.